The largest absolute Gasteiger partial charge is 0.492 e. The van der Waals surface area contributed by atoms with Crippen molar-refractivity contribution >= 4 is 33.9 Å². The van der Waals surface area contributed by atoms with E-state index in [1.165, 1.54) is 0 Å². The van der Waals surface area contributed by atoms with E-state index in [9.17, 15) is 4.79 Å². The molecule has 0 saturated carbocycles. The molecule has 3 rings (SSSR count). The van der Waals surface area contributed by atoms with E-state index in [2.05, 4.69) is 20.9 Å². The minimum atomic E-state index is -0.483. The fourth-order valence-corrected chi connectivity index (χ4v) is 3.03. The molecule has 0 N–H and O–H groups in total. The third kappa shape index (κ3) is 3.74. The average molecular weight is 402 g/mol. The smallest absolute Gasteiger partial charge is 0.363 e. The van der Waals surface area contributed by atoms with Gasteiger partial charge in [-0.2, -0.15) is 0 Å². The van der Waals surface area contributed by atoms with Gasteiger partial charge in [-0.1, -0.05) is 18.2 Å². The average Bonchev–Trinajstić information content (AvgIpc) is 2.97. The number of rotatable bonds is 5. The van der Waals surface area contributed by atoms with E-state index in [0.29, 0.717) is 24.0 Å². The van der Waals surface area contributed by atoms with Crippen LogP contribution in [0.5, 0.6) is 11.5 Å². The Hall–Kier alpha value is -2.60. The standard InChI is InChI=1S/C19H16BrNO4/c1-3-24-16-11-12(9-14(20)17(16)23-2)10-15-19(22)25-18(21-15)13-7-5-4-6-8-13/h4-11H,3H2,1-2H3/b15-10+. The highest BCUT2D eigenvalue weighted by molar-refractivity contribution is 9.10. The lowest BCUT2D eigenvalue weighted by molar-refractivity contribution is -0.129. The van der Waals surface area contributed by atoms with Crippen molar-refractivity contribution in [3.05, 3.63) is 63.8 Å². The quantitative estimate of drug-likeness (QED) is 0.556. The molecule has 0 radical (unpaired) electrons. The summed E-state index contributed by atoms with van der Waals surface area (Å²) in [4.78, 5) is 16.4. The zero-order valence-electron chi connectivity index (χ0n) is 13.8. The van der Waals surface area contributed by atoms with Crippen molar-refractivity contribution in [3.63, 3.8) is 0 Å². The van der Waals surface area contributed by atoms with Gasteiger partial charge in [0.15, 0.2) is 17.2 Å². The van der Waals surface area contributed by atoms with E-state index >= 15 is 0 Å². The number of hydrogen-bond acceptors (Lipinski definition) is 5. The van der Waals surface area contributed by atoms with E-state index < -0.39 is 5.97 Å². The molecule has 0 aromatic heterocycles. The van der Waals surface area contributed by atoms with Crippen LogP contribution in [-0.4, -0.2) is 25.6 Å². The maximum Gasteiger partial charge on any atom is 0.363 e. The molecule has 0 bridgehead atoms. The molecule has 0 saturated heterocycles. The molecule has 1 heterocycles. The molecule has 0 aliphatic carbocycles. The monoisotopic (exact) mass is 401 g/mol. The summed E-state index contributed by atoms with van der Waals surface area (Å²) in [5.74, 6) is 1.01. The van der Waals surface area contributed by atoms with Crippen LogP contribution in [-0.2, 0) is 9.53 Å². The van der Waals surface area contributed by atoms with Gasteiger partial charge in [-0.05, 0) is 58.8 Å². The maximum atomic E-state index is 12.1. The summed E-state index contributed by atoms with van der Waals surface area (Å²) in [6.45, 7) is 2.39. The van der Waals surface area contributed by atoms with Crippen LogP contribution in [0.15, 0.2) is 57.6 Å². The second-order valence-electron chi connectivity index (χ2n) is 5.17. The minimum Gasteiger partial charge on any atom is -0.492 e. The van der Waals surface area contributed by atoms with Crippen LogP contribution in [0, 0.1) is 0 Å². The van der Waals surface area contributed by atoms with Gasteiger partial charge in [0, 0.05) is 5.56 Å². The molecule has 128 valence electrons. The second kappa shape index (κ2) is 7.53. The molecule has 2 aromatic carbocycles. The summed E-state index contributed by atoms with van der Waals surface area (Å²) in [5, 5.41) is 0. The molecule has 0 atom stereocenters. The third-order valence-electron chi connectivity index (χ3n) is 3.48. The van der Waals surface area contributed by atoms with Gasteiger partial charge in [0.25, 0.3) is 0 Å². The van der Waals surface area contributed by atoms with Crippen LogP contribution in [0.2, 0.25) is 0 Å². The number of esters is 1. The lowest BCUT2D eigenvalue weighted by Crippen LogP contribution is -2.05. The predicted octanol–water partition coefficient (Wildman–Crippen LogP) is 4.20. The van der Waals surface area contributed by atoms with Gasteiger partial charge in [-0.25, -0.2) is 9.79 Å². The van der Waals surface area contributed by atoms with Gasteiger partial charge in [0.2, 0.25) is 5.90 Å². The highest BCUT2D eigenvalue weighted by Gasteiger charge is 2.24. The number of cyclic esters (lactones) is 1. The molecule has 5 nitrogen and oxygen atoms in total. The van der Waals surface area contributed by atoms with Crippen molar-refractivity contribution in [1.29, 1.82) is 0 Å². The summed E-state index contributed by atoms with van der Waals surface area (Å²) in [6.07, 6.45) is 1.66. The number of halogens is 1. The zero-order chi connectivity index (χ0) is 17.8. The Morgan fingerprint density at radius 3 is 2.68 bits per heavy atom. The van der Waals surface area contributed by atoms with Crippen molar-refractivity contribution < 1.29 is 19.0 Å². The Bertz CT molecular complexity index is 859. The van der Waals surface area contributed by atoms with Crippen molar-refractivity contribution in [2.75, 3.05) is 13.7 Å². The van der Waals surface area contributed by atoms with Crippen LogP contribution in [0.4, 0.5) is 0 Å². The minimum absolute atomic E-state index is 0.235. The van der Waals surface area contributed by atoms with Crippen LogP contribution in [0.25, 0.3) is 6.08 Å². The lowest BCUT2D eigenvalue weighted by atomic mass is 10.1. The van der Waals surface area contributed by atoms with Gasteiger partial charge < -0.3 is 14.2 Å². The first-order chi connectivity index (χ1) is 12.1. The third-order valence-corrected chi connectivity index (χ3v) is 4.07. The molecule has 0 fully saturated rings. The van der Waals surface area contributed by atoms with Crippen LogP contribution in [0.3, 0.4) is 0 Å². The Kier molecular flexibility index (Phi) is 5.19. The zero-order valence-corrected chi connectivity index (χ0v) is 15.4. The lowest BCUT2D eigenvalue weighted by Gasteiger charge is -2.12. The normalized spacial score (nSPS) is 15.1. The van der Waals surface area contributed by atoms with Gasteiger partial charge in [0.05, 0.1) is 18.2 Å². The van der Waals surface area contributed by atoms with E-state index in [1.807, 2.05) is 43.3 Å². The Labute approximate surface area is 154 Å². The summed E-state index contributed by atoms with van der Waals surface area (Å²) >= 11 is 3.45. The van der Waals surface area contributed by atoms with Crippen LogP contribution in [0.1, 0.15) is 18.1 Å². The van der Waals surface area contributed by atoms with Gasteiger partial charge in [-0.3, -0.25) is 0 Å². The molecule has 2 aromatic rings. The fraction of sp³-hybridized carbons (Fsp3) is 0.158. The fourth-order valence-electron chi connectivity index (χ4n) is 2.40. The van der Waals surface area contributed by atoms with Crippen LogP contribution >= 0.6 is 15.9 Å². The number of hydrogen-bond donors (Lipinski definition) is 0. The second-order valence-corrected chi connectivity index (χ2v) is 6.02. The van der Waals surface area contributed by atoms with E-state index in [-0.39, 0.29) is 5.70 Å². The van der Waals surface area contributed by atoms with Gasteiger partial charge in [-0.15, -0.1) is 0 Å². The van der Waals surface area contributed by atoms with Crippen molar-refractivity contribution in [2.45, 2.75) is 6.92 Å². The van der Waals surface area contributed by atoms with Crippen LogP contribution < -0.4 is 9.47 Å². The Morgan fingerprint density at radius 2 is 2.00 bits per heavy atom. The van der Waals surface area contributed by atoms with E-state index in [1.54, 1.807) is 19.3 Å². The van der Waals surface area contributed by atoms with E-state index in [0.717, 1.165) is 15.6 Å². The number of aliphatic imine (C=N–C) groups is 1. The number of nitrogens with zero attached hydrogens (tertiary/aromatic N) is 1. The first-order valence-electron chi connectivity index (χ1n) is 7.70. The molecule has 6 heteroatoms. The number of carbonyl (C=O) groups is 1. The Morgan fingerprint density at radius 1 is 1.24 bits per heavy atom. The number of ether oxygens (including phenoxy) is 3. The highest BCUT2D eigenvalue weighted by Crippen LogP contribution is 2.37. The molecule has 1 aliphatic heterocycles. The number of benzene rings is 2. The van der Waals surface area contributed by atoms with Crippen molar-refractivity contribution in [3.8, 4) is 11.5 Å². The number of carbonyl (C=O) groups excluding carboxylic acids is 1. The number of methoxy groups -OCH3 is 1. The SMILES string of the molecule is CCOc1cc(/C=C2/N=C(c3ccccc3)OC2=O)cc(Br)c1OC. The molecule has 0 spiro atoms. The summed E-state index contributed by atoms with van der Waals surface area (Å²) in [7, 11) is 1.57. The first-order valence-corrected chi connectivity index (χ1v) is 8.50. The highest BCUT2D eigenvalue weighted by atomic mass is 79.9. The summed E-state index contributed by atoms with van der Waals surface area (Å²) < 4.78 is 16.9. The summed E-state index contributed by atoms with van der Waals surface area (Å²) in [6, 6.07) is 12.9. The van der Waals surface area contributed by atoms with Gasteiger partial charge >= 0.3 is 5.97 Å². The predicted molar refractivity (Wildman–Crippen MR) is 98.9 cm³/mol. The molecule has 1 aliphatic rings. The van der Waals surface area contributed by atoms with E-state index in [4.69, 9.17) is 14.2 Å². The topological polar surface area (TPSA) is 57.1 Å². The van der Waals surface area contributed by atoms with Crippen molar-refractivity contribution in [1.82, 2.24) is 0 Å². The Balaban J connectivity index is 1.97. The van der Waals surface area contributed by atoms with Crippen molar-refractivity contribution in [2.24, 2.45) is 4.99 Å². The molecule has 0 amide bonds. The molecular formula is C19H16BrNO4. The molecule has 0 unspecified atom stereocenters. The maximum absolute atomic E-state index is 12.1. The molecule has 25 heavy (non-hydrogen) atoms. The molecular weight excluding hydrogens is 386 g/mol. The summed E-state index contributed by atoms with van der Waals surface area (Å²) in [5.41, 5.74) is 1.74. The first kappa shape index (κ1) is 17.2. The van der Waals surface area contributed by atoms with Gasteiger partial charge in [0.1, 0.15) is 0 Å².